The van der Waals surface area contributed by atoms with Gasteiger partial charge in [-0.1, -0.05) is 120 Å². The average Bonchev–Trinajstić information content (AvgIpc) is 3.24. The van der Waals surface area contributed by atoms with Gasteiger partial charge in [-0.25, -0.2) is 0 Å². The van der Waals surface area contributed by atoms with Crippen LogP contribution < -0.4 is 5.32 Å². The van der Waals surface area contributed by atoms with E-state index in [4.69, 9.17) is 18.9 Å². The number of carbonyl (C=O) groups is 1. The molecule has 12 atom stereocenters. The summed E-state index contributed by atoms with van der Waals surface area (Å²) in [6, 6.07) is -0.939. The molecule has 2 rings (SSSR count). The number of ether oxygens (including phenoxy) is 4. The first kappa shape index (κ1) is 54.1. The fourth-order valence-corrected chi connectivity index (χ4v) is 7.15. The summed E-state index contributed by atoms with van der Waals surface area (Å²) in [7, 11) is 0. The zero-order valence-corrected chi connectivity index (χ0v) is 36.4. The molecule has 2 aliphatic heterocycles. The number of unbranched alkanes of at least 4 members (excludes halogenated alkanes) is 14. The molecule has 0 aromatic heterocycles. The Morgan fingerprint density at radius 3 is 1.70 bits per heavy atom. The van der Waals surface area contributed by atoms with Crippen molar-refractivity contribution < 1.29 is 64.6 Å². The summed E-state index contributed by atoms with van der Waals surface area (Å²) in [6.45, 7) is 2.63. The first-order chi connectivity index (χ1) is 29.1. The number of aliphatic hydroxyl groups excluding tert-OH is 8. The molecule has 0 aliphatic carbocycles. The van der Waals surface area contributed by atoms with Gasteiger partial charge in [-0.2, -0.15) is 0 Å². The lowest BCUT2D eigenvalue weighted by Gasteiger charge is -2.46. The summed E-state index contributed by atoms with van der Waals surface area (Å²) < 4.78 is 22.6. The molecule has 9 N–H and O–H groups in total. The molecule has 0 bridgehead atoms. The van der Waals surface area contributed by atoms with Gasteiger partial charge in [-0.05, 0) is 64.2 Å². The van der Waals surface area contributed by atoms with Crippen molar-refractivity contribution in [1.29, 1.82) is 0 Å². The summed E-state index contributed by atoms with van der Waals surface area (Å²) in [4.78, 5) is 13.1. The highest BCUT2D eigenvalue weighted by Crippen LogP contribution is 2.30. The summed E-state index contributed by atoms with van der Waals surface area (Å²) in [5.74, 6) is -0.268. The maximum Gasteiger partial charge on any atom is 0.220 e. The summed E-state index contributed by atoms with van der Waals surface area (Å²) in [5.41, 5.74) is 0. The molecule has 14 nitrogen and oxygen atoms in total. The molecule has 2 aliphatic rings. The third kappa shape index (κ3) is 21.4. The second kappa shape index (κ2) is 33.5. The SMILES string of the molecule is CCC/C=C/CC/C=C/CC/C=C/C(O)C(COC1OC(CO)C(OC2OC(CO)C(O)C(O)C2O)C(O)C1O)NC(=O)CCCCCCC/C=C\CCCCCCCC. The molecule has 60 heavy (non-hydrogen) atoms. The van der Waals surface area contributed by atoms with Crippen LogP contribution in [0.5, 0.6) is 0 Å². The third-order valence-electron chi connectivity index (χ3n) is 10.9. The quantitative estimate of drug-likeness (QED) is 0.0327. The van der Waals surface area contributed by atoms with Gasteiger partial charge in [0.25, 0.3) is 0 Å². The number of carbonyl (C=O) groups excluding carboxylic acids is 1. The lowest BCUT2D eigenvalue weighted by molar-refractivity contribution is -0.359. The molecule has 0 saturated carbocycles. The minimum Gasteiger partial charge on any atom is -0.394 e. The predicted octanol–water partition coefficient (Wildman–Crippen LogP) is 4.54. The second-order valence-electron chi connectivity index (χ2n) is 16.2. The van der Waals surface area contributed by atoms with Crippen LogP contribution in [0.3, 0.4) is 0 Å². The molecule has 2 saturated heterocycles. The van der Waals surface area contributed by atoms with Crippen molar-refractivity contribution in [3.05, 3.63) is 48.6 Å². The number of hydrogen-bond donors (Lipinski definition) is 9. The van der Waals surface area contributed by atoms with Crippen LogP contribution in [-0.4, -0.2) is 140 Å². The minimum atomic E-state index is -1.79. The van der Waals surface area contributed by atoms with Crippen LogP contribution in [0.4, 0.5) is 0 Å². The number of hydrogen-bond acceptors (Lipinski definition) is 13. The van der Waals surface area contributed by atoms with E-state index >= 15 is 0 Å². The monoisotopic (exact) mass is 856 g/mol. The second-order valence-corrected chi connectivity index (χ2v) is 16.2. The van der Waals surface area contributed by atoms with Gasteiger partial charge in [0.1, 0.15) is 48.8 Å². The van der Waals surface area contributed by atoms with Crippen LogP contribution in [0.25, 0.3) is 0 Å². The van der Waals surface area contributed by atoms with E-state index in [-0.39, 0.29) is 18.9 Å². The van der Waals surface area contributed by atoms with Crippen molar-refractivity contribution in [1.82, 2.24) is 5.32 Å². The molecule has 0 spiro atoms. The van der Waals surface area contributed by atoms with Crippen molar-refractivity contribution in [2.45, 2.75) is 216 Å². The fraction of sp³-hybridized carbons (Fsp3) is 0.804. The summed E-state index contributed by atoms with van der Waals surface area (Å²) in [5, 5.41) is 86.3. The third-order valence-corrected chi connectivity index (χ3v) is 10.9. The number of aliphatic hydroxyl groups is 8. The molecule has 2 heterocycles. The zero-order valence-electron chi connectivity index (χ0n) is 36.4. The van der Waals surface area contributed by atoms with E-state index < -0.39 is 86.8 Å². The Balaban J connectivity index is 1.91. The van der Waals surface area contributed by atoms with Gasteiger partial charge in [-0.15, -0.1) is 0 Å². The van der Waals surface area contributed by atoms with Crippen molar-refractivity contribution >= 4 is 5.91 Å². The molecule has 14 heteroatoms. The molecule has 1 amide bonds. The van der Waals surface area contributed by atoms with Crippen LogP contribution in [0.15, 0.2) is 48.6 Å². The molecule has 2 fully saturated rings. The summed E-state index contributed by atoms with van der Waals surface area (Å²) in [6.07, 6.45) is 20.2. The molecule has 0 aromatic carbocycles. The standard InChI is InChI=1S/C46H81NO13/c1-3-5-7-9-11-13-15-16-17-18-20-22-24-26-28-30-38(51)47-34(35(50)29-27-25-23-21-19-14-12-10-8-6-4-2)33-57-45-43(56)41(54)44(37(32-49)59-45)60-46-42(55)40(53)39(52)36(31-48)58-46/h8,10,16-17,19,21,27,29,34-37,39-46,48-50,52-56H,3-7,9,11-15,18,20,22-26,28,30-33H2,1-2H3,(H,47,51)/b10-8+,17-16-,21-19+,29-27+. The molecule has 348 valence electrons. The van der Waals surface area contributed by atoms with E-state index in [1.807, 2.05) is 6.08 Å². The highest BCUT2D eigenvalue weighted by atomic mass is 16.7. The molecular formula is C46H81NO13. The van der Waals surface area contributed by atoms with Crippen molar-refractivity contribution in [2.24, 2.45) is 0 Å². The van der Waals surface area contributed by atoms with E-state index in [2.05, 4.69) is 55.6 Å². The fourth-order valence-electron chi connectivity index (χ4n) is 7.15. The van der Waals surface area contributed by atoms with Gasteiger partial charge in [-0.3, -0.25) is 4.79 Å². The Morgan fingerprint density at radius 2 is 1.10 bits per heavy atom. The minimum absolute atomic E-state index is 0.258. The average molecular weight is 856 g/mol. The van der Waals surface area contributed by atoms with Gasteiger partial charge in [0.15, 0.2) is 12.6 Å². The maximum absolute atomic E-state index is 13.1. The van der Waals surface area contributed by atoms with E-state index in [9.17, 15) is 45.6 Å². The van der Waals surface area contributed by atoms with E-state index in [1.165, 1.54) is 38.5 Å². The van der Waals surface area contributed by atoms with Gasteiger partial charge >= 0.3 is 0 Å². The lowest BCUT2D eigenvalue weighted by Crippen LogP contribution is -2.65. The van der Waals surface area contributed by atoms with Crippen LogP contribution >= 0.6 is 0 Å². The highest BCUT2D eigenvalue weighted by molar-refractivity contribution is 5.76. The van der Waals surface area contributed by atoms with Crippen LogP contribution in [0, 0.1) is 0 Å². The first-order valence-corrected chi connectivity index (χ1v) is 22.9. The van der Waals surface area contributed by atoms with Crippen LogP contribution in [-0.2, 0) is 23.7 Å². The molecule has 12 unspecified atom stereocenters. The van der Waals surface area contributed by atoms with Gasteiger partial charge < -0.3 is 65.1 Å². The highest BCUT2D eigenvalue weighted by Gasteiger charge is 2.50. The van der Waals surface area contributed by atoms with Crippen molar-refractivity contribution in [3.63, 3.8) is 0 Å². The van der Waals surface area contributed by atoms with Crippen LogP contribution in [0.1, 0.15) is 142 Å². The predicted molar refractivity (Wildman–Crippen MR) is 231 cm³/mol. The Hall–Kier alpha value is -2.05. The number of amides is 1. The number of nitrogens with one attached hydrogen (secondary N) is 1. The lowest BCUT2D eigenvalue weighted by atomic mass is 9.97. The molecular weight excluding hydrogens is 774 g/mol. The van der Waals surface area contributed by atoms with Gasteiger partial charge in [0.2, 0.25) is 5.91 Å². The topological polar surface area (TPSA) is 228 Å². The Bertz CT molecular complexity index is 1200. The maximum atomic E-state index is 13.1. The van der Waals surface area contributed by atoms with Gasteiger partial charge in [0.05, 0.1) is 32.0 Å². The Labute approximate surface area is 359 Å². The molecule has 0 aromatic rings. The number of allylic oxidation sites excluding steroid dienone is 7. The molecule has 0 radical (unpaired) electrons. The van der Waals surface area contributed by atoms with E-state index in [0.717, 1.165) is 70.6 Å². The Kier molecular flexibility index (Phi) is 30.2. The van der Waals surface area contributed by atoms with Crippen LogP contribution in [0.2, 0.25) is 0 Å². The van der Waals surface area contributed by atoms with E-state index in [0.29, 0.717) is 12.8 Å². The van der Waals surface area contributed by atoms with E-state index in [1.54, 1.807) is 6.08 Å². The largest absolute Gasteiger partial charge is 0.394 e. The van der Waals surface area contributed by atoms with Crippen molar-refractivity contribution in [3.8, 4) is 0 Å². The summed E-state index contributed by atoms with van der Waals surface area (Å²) >= 11 is 0. The zero-order chi connectivity index (χ0) is 44.0. The normalized spacial score (nSPS) is 28.7. The smallest absolute Gasteiger partial charge is 0.220 e. The number of rotatable bonds is 33. The van der Waals surface area contributed by atoms with Crippen molar-refractivity contribution in [2.75, 3.05) is 19.8 Å². The van der Waals surface area contributed by atoms with Gasteiger partial charge in [0, 0.05) is 6.42 Å². The Morgan fingerprint density at radius 1 is 0.583 bits per heavy atom. The first-order valence-electron chi connectivity index (χ1n) is 22.9.